The van der Waals surface area contributed by atoms with E-state index in [1.165, 1.54) is 14.2 Å². The largest absolute Gasteiger partial charge is 0.497 e. The third-order valence-corrected chi connectivity index (χ3v) is 4.44. The summed E-state index contributed by atoms with van der Waals surface area (Å²) in [5.74, 6) is 1.40. The van der Waals surface area contributed by atoms with E-state index in [2.05, 4.69) is 5.32 Å². The van der Waals surface area contributed by atoms with Gasteiger partial charge in [0.25, 0.3) is 5.91 Å². The van der Waals surface area contributed by atoms with Gasteiger partial charge < -0.3 is 29.0 Å². The average molecular weight is 417 g/mol. The zero-order valence-corrected chi connectivity index (χ0v) is 17.8. The zero-order valence-electron chi connectivity index (χ0n) is 17.8. The summed E-state index contributed by atoms with van der Waals surface area (Å²) < 4.78 is 26.0. The molecular formula is C22H27NO7. The second-order valence-corrected chi connectivity index (χ2v) is 6.42. The minimum Gasteiger partial charge on any atom is -0.497 e. The summed E-state index contributed by atoms with van der Waals surface area (Å²) >= 11 is 0. The molecule has 0 aliphatic rings. The number of hydrogen-bond acceptors (Lipinski definition) is 7. The molecule has 1 amide bonds. The Labute approximate surface area is 176 Å². The summed E-state index contributed by atoms with van der Waals surface area (Å²) in [6.07, 6.45) is 0.00684. The summed E-state index contributed by atoms with van der Waals surface area (Å²) in [5.41, 5.74) is 1.44. The van der Waals surface area contributed by atoms with Gasteiger partial charge in [0.05, 0.1) is 40.9 Å². The number of benzene rings is 2. The molecule has 1 N–H and O–H groups in total. The summed E-state index contributed by atoms with van der Waals surface area (Å²) in [4.78, 5) is 24.3. The van der Waals surface area contributed by atoms with E-state index in [9.17, 15) is 9.59 Å². The summed E-state index contributed by atoms with van der Waals surface area (Å²) in [6.45, 7) is 1.42. The number of nitrogens with one attached hydrogen (secondary N) is 1. The number of carbonyl (C=O) groups is 2. The number of rotatable bonds is 10. The number of methoxy groups -OCH3 is 4. The van der Waals surface area contributed by atoms with Crippen molar-refractivity contribution in [3.63, 3.8) is 0 Å². The molecule has 0 aliphatic carbocycles. The van der Waals surface area contributed by atoms with E-state index >= 15 is 0 Å². The van der Waals surface area contributed by atoms with E-state index in [1.54, 1.807) is 57.5 Å². The molecule has 0 unspecified atom stereocenters. The molecule has 1 atom stereocenters. The first-order valence-electron chi connectivity index (χ1n) is 9.29. The molecule has 8 nitrogen and oxygen atoms in total. The maximum Gasteiger partial charge on any atom is 0.310 e. The molecule has 0 bridgehead atoms. The van der Waals surface area contributed by atoms with Gasteiger partial charge in [-0.2, -0.15) is 0 Å². The highest BCUT2D eigenvalue weighted by Crippen LogP contribution is 2.29. The highest BCUT2D eigenvalue weighted by Gasteiger charge is 2.17. The van der Waals surface area contributed by atoms with Crippen LogP contribution in [0.5, 0.6) is 23.0 Å². The predicted octanol–water partition coefficient (Wildman–Crippen LogP) is 2.68. The Morgan fingerprint density at radius 1 is 0.867 bits per heavy atom. The lowest BCUT2D eigenvalue weighted by molar-refractivity contribution is -0.148. The Morgan fingerprint density at radius 2 is 1.53 bits per heavy atom. The van der Waals surface area contributed by atoms with Gasteiger partial charge in [-0.3, -0.25) is 9.59 Å². The van der Waals surface area contributed by atoms with E-state index in [4.69, 9.17) is 23.7 Å². The first-order chi connectivity index (χ1) is 14.4. The Balaban J connectivity index is 1.90. The van der Waals surface area contributed by atoms with Crippen LogP contribution in [-0.4, -0.2) is 46.9 Å². The Morgan fingerprint density at radius 3 is 2.17 bits per heavy atom. The highest BCUT2D eigenvalue weighted by atomic mass is 16.5. The molecule has 0 saturated carbocycles. The van der Waals surface area contributed by atoms with E-state index in [1.807, 2.05) is 0 Å². The van der Waals surface area contributed by atoms with Crippen molar-refractivity contribution in [3.8, 4) is 23.0 Å². The lowest BCUT2D eigenvalue weighted by Crippen LogP contribution is -2.31. The van der Waals surface area contributed by atoms with Gasteiger partial charge in [0.15, 0.2) is 18.1 Å². The molecule has 2 aromatic rings. The van der Waals surface area contributed by atoms with Crippen LogP contribution in [0.3, 0.4) is 0 Å². The summed E-state index contributed by atoms with van der Waals surface area (Å²) in [6, 6.07) is 10.1. The monoisotopic (exact) mass is 417 g/mol. The van der Waals surface area contributed by atoms with Crippen molar-refractivity contribution >= 4 is 11.9 Å². The molecular weight excluding hydrogens is 390 g/mol. The number of amides is 1. The van der Waals surface area contributed by atoms with Crippen molar-refractivity contribution in [3.05, 3.63) is 47.5 Å². The topological polar surface area (TPSA) is 92.3 Å². The third-order valence-electron chi connectivity index (χ3n) is 4.44. The number of esters is 1. The maximum atomic E-state index is 12.2. The maximum absolute atomic E-state index is 12.2. The molecule has 0 aromatic heterocycles. The van der Waals surface area contributed by atoms with Crippen LogP contribution in [0, 0.1) is 0 Å². The summed E-state index contributed by atoms with van der Waals surface area (Å²) in [5, 5.41) is 2.79. The second kappa shape index (κ2) is 10.9. The molecule has 162 valence electrons. The van der Waals surface area contributed by atoms with Crippen LogP contribution in [0.1, 0.15) is 24.1 Å². The standard InChI is InChI=1S/C22H27NO7/c1-14(17-12-16(26-2)7-9-18(17)27-3)23-21(24)13-30-22(25)11-15-6-8-19(28-4)20(10-15)29-5/h6-10,12,14H,11,13H2,1-5H3,(H,23,24)/t14-/m1/s1. The number of hydrogen-bond donors (Lipinski definition) is 1. The van der Waals surface area contributed by atoms with Crippen LogP contribution in [-0.2, 0) is 20.7 Å². The molecule has 30 heavy (non-hydrogen) atoms. The molecule has 0 aliphatic heterocycles. The molecule has 2 aromatic carbocycles. The van der Waals surface area contributed by atoms with Crippen molar-refractivity contribution in [2.75, 3.05) is 35.0 Å². The fourth-order valence-electron chi connectivity index (χ4n) is 2.89. The van der Waals surface area contributed by atoms with Crippen LogP contribution in [0.25, 0.3) is 0 Å². The third kappa shape index (κ3) is 6.04. The number of carbonyl (C=O) groups excluding carboxylic acids is 2. The van der Waals surface area contributed by atoms with Gasteiger partial charge in [-0.15, -0.1) is 0 Å². The van der Waals surface area contributed by atoms with E-state index < -0.39 is 11.9 Å². The fraction of sp³-hybridized carbons (Fsp3) is 0.364. The zero-order chi connectivity index (χ0) is 22.1. The highest BCUT2D eigenvalue weighted by molar-refractivity contribution is 5.81. The molecule has 0 heterocycles. The SMILES string of the molecule is COc1ccc(OC)c([C@@H](C)NC(=O)COC(=O)Cc2ccc(OC)c(OC)c2)c1. The van der Waals surface area contributed by atoms with Gasteiger partial charge in [0.1, 0.15) is 11.5 Å². The predicted molar refractivity (Wildman–Crippen MR) is 110 cm³/mol. The minimum absolute atomic E-state index is 0.00684. The van der Waals surface area contributed by atoms with Crippen molar-refractivity contribution in [2.24, 2.45) is 0 Å². The first kappa shape index (κ1) is 22.9. The number of ether oxygens (including phenoxy) is 5. The first-order valence-corrected chi connectivity index (χ1v) is 9.29. The lowest BCUT2D eigenvalue weighted by atomic mass is 10.1. The van der Waals surface area contributed by atoms with Crippen molar-refractivity contribution in [2.45, 2.75) is 19.4 Å². The normalized spacial score (nSPS) is 11.2. The van der Waals surface area contributed by atoms with Crippen molar-refractivity contribution in [1.29, 1.82) is 0 Å². The van der Waals surface area contributed by atoms with Crippen molar-refractivity contribution < 1.29 is 33.3 Å². The van der Waals surface area contributed by atoms with Gasteiger partial charge in [-0.05, 0) is 42.8 Å². The second-order valence-electron chi connectivity index (χ2n) is 6.42. The molecule has 0 saturated heterocycles. The van der Waals surface area contributed by atoms with Crippen LogP contribution >= 0.6 is 0 Å². The van der Waals surface area contributed by atoms with Gasteiger partial charge >= 0.3 is 5.97 Å². The van der Waals surface area contributed by atoms with Gasteiger partial charge in [0.2, 0.25) is 0 Å². The van der Waals surface area contributed by atoms with Crippen LogP contribution in [0.15, 0.2) is 36.4 Å². The molecule has 0 fully saturated rings. The van der Waals surface area contributed by atoms with E-state index in [0.717, 1.165) is 5.56 Å². The Bertz CT molecular complexity index is 882. The van der Waals surface area contributed by atoms with Gasteiger partial charge in [-0.1, -0.05) is 6.07 Å². The smallest absolute Gasteiger partial charge is 0.310 e. The van der Waals surface area contributed by atoms with Crippen LogP contribution < -0.4 is 24.3 Å². The minimum atomic E-state index is -0.524. The molecule has 8 heteroatoms. The van der Waals surface area contributed by atoms with E-state index in [0.29, 0.717) is 28.6 Å². The molecule has 0 spiro atoms. The van der Waals surface area contributed by atoms with Crippen molar-refractivity contribution in [1.82, 2.24) is 5.32 Å². The lowest BCUT2D eigenvalue weighted by Gasteiger charge is -2.18. The Kier molecular flexibility index (Phi) is 8.34. The van der Waals surface area contributed by atoms with Crippen LogP contribution in [0.2, 0.25) is 0 Å². The van der Waals surface area contributed by atoms with Crippen LogP contribution in [0.4, 0.5) is 0 Å². The van der Waals surface area contributed by atoms with E-state index in [-0.39, 0.29) is 19.1 Å². The molecule has 0 radical (unpaired) electrons. The average Bonchev–Trinajstić information content (AvgIpc) is 2.76. The summed E-state index contributed by atoms with van der Waals surface area (Å²) in [7, 11) is 6.16. The fourth-order valence-corrected chi connectivity index (χ4v) is 2.89. The van der Waals surface area contributed by atoms with Gasteiger partial charge in [0, 0.05) is 5.56 Å². The Hall–Kier alpha value is -3.42. The molecule has 2 rings (SSSR count). The quantitative estimate of drug-likeness (QED) is 0.594. The van der Waals surface area contributed by atoms with Gasteiger partial charge in [-0.25, -0.2) is 0 Å².